The van der Waals surface area contributed by atoms with E-state index in [0.29, 0.717) is 5.25 Å². The molecule has 1 unspecified atom stereocenters. The highest BCUT2D eigenvalue weighted by molar-refractivity contribution is 8.77. The summed E-state index contributed by atoms with van der Waals surface area (Å²) in [5.74, 6) is -0.988. The van der Waals surface area contributed by atoms with Crippen molar-refractivity contribution in [3.05, 3.63) is 0 Å². The number of rotatable bonds is 4. The van der Waals surface area contributed by atoms with Crippen molar-refractivity contribution in [1.29, 1.82) is 0 Å². The number of carbonyl (C=O) groups is 1. The van der Waals surface area contributed by atoms with Crippen LogP contribution in [0.2, 0.25) is 0 Å². The van der Waals surface area contributed by atoms with Crippen molar-refractivity contribution in [3.63, 3.8) is 0 Å². The Morgan fingerprint density at radius 3 is 2.10 bits per heavy atom. The smallest absolute Gasteiger partial charge is 0.0550 e. The van der Waals surface area contributed by atoms with E-state index in [-0.39, 0.29) is 0 Å². The van der Waals surface area contributed by atoms with Gasteiger partial charge in [-0.2, -0.15) is 0 Å². The SMILES string of the molecule is CC(C)SSC(C)C(=O)[O-]. The molecule has 0 bridgehead atoms. The van der Waals surface area contributed by atoms with Gasteiger partial charge in [-0.3, -0.25) is 0 Å². The van der Waals surface area contributed by atoms with Crippen molar-refractivity contribution in [3.8, 4) is 0 Å². The van der Waals surface area contributed by atoms with Crippen molar-refractivity contribution >= 4 is 27.6 Å². The third-order valence-electron chi connectivity index (χ3n) is 0.724. The molecule has 2 nitrogen and oxygen atoms in total. The number of carboxylic acids is 1. The van der Waals surface area contributed by atoms with Crippen LogP contribution in [-0.2, 0) is 4.79 Å². The fraction of sp³-hybridized carbons (Fsp3) is 0.833. The molecule has 0 aromatic rings. The van der Waals surface area contributed by atoms with Gasteiger partial charge in [0.2, 0.25) is 0 Å². The molecule has 0 heterocycles. The van der Waals surface area contributed by atoms with E-state index >= 15 is 0 Å². The highest BCUT2D eigenvalue weighted by Gasteiger charge is 2.04. The first-order valence-corrected chi connectivity index (χ1v) is 5.34. The van der Waals surface area contributed by atoms with E-state index in [9.17, 15) is 9.90 Å². The number of carboxylic acid groups (broad SMARTS) is 1. The molecular weight excluding hydrogens is 168 g/mol. The normalized spacial score (nSPS) is 13.6. The maximum absolute atomic E-state index is 10.2. The Kier molecular flexibility index (Phi) is 4.99. The number of carbonyl (C=O) groups excluding carboxylic acids is 1. The molecule has 0 radical (unpaired) electrons. The average molecular weight is 179 g/mol. The summed E-state index contributed by atoms with van der Waals surface area (Å²) < 4.78 is 0. The summed E-state index contributed by atoms with van der Waals surface area (Å²) in [6, 6.07) is 0. The van der Waals surface area contributed by atoms with E-state index in [4.69, 9.17) is 0 Å². The predicted octanol–water partition coefficient (Wildman–Crippen LogP) is 0.915. The van der Waals surface area contributed by atoms with Crippen LogP contribution < -0.4 is 5.11 Å². The highest BCUT2D eigenvalue weighted by Crippen LogP contribution is 2.29. The Hall–Kier alpha value is 0.170. The zero-order valence-corrected chi connectivity index (χ0v) is 7.92. The predicted molar refractivity (Wildman–Crippen MR) is 44.8 cm³/mol. The lowest BCUT2D eigenvalue weighted by atomic mass is 10.5. The van der Waals surface area contributed by atoms with Crippen LogP contribution in [0.15, 0.2) is 0 Å². The summed E-state index contributed by atoms with van der Waals surface area (Å²) in [5, 5.41) is 10.2. The van der Waals surface area contributed by atoms with Crippen LogP contribution in [0, 0.1) is 0 Å². The lowest BCUT2D eigenvalue weighted by Crippen LogP contribution is -2.30. The van der Waals surface area contributed by atoms with Crippen LogP contribution in [0.4, 0.5) is 0 Å². The van der Waals surface area contributed by atoms with Crippen molar-refractivity contribution in [2.45, 2.75) is 31.3 Å². The Morgan fingerprint density at radius 2 is 1.80 bits per heavy atom. The molecule has 0 aromatic carbocycles. The summed E-state index contributed by atoms with van der Waals surface area (Å²) in [7, 11) is 2.91. The number of aliphatic carboxylic acids is 1. The second-order valence-corrected chi connectivity index (χ2v) is 5.39. The highest BCUT2D eigenvalue weighted by atomic mass is 33.1. The Bertz CT molecular complexity index is 114. The minimum Gasteiger partial charge on any atom is -0.549 e. The molecular formula is C6H11O2S2-. The van der Waals surface area contributed by atoms with Gasteiger partial charge in [0.1, 0.15) is 0 Å². The van der Waals surface area contributed by atoms with Gasteiger partial charge in [0.15, 0.2) is 0 Å². The molecule has 0 aliphatic heterocycles. The van der Waals surface area contributed by atoms with Gasteiger partial charge < -0.3 is 9.90 Å². The summed E-state index contributed by atoms with van der Waals surface area (Å²) in [6.07, 6.45) is 0. The van der Waals surface area contributed by atoms with Gasteiger partial charge in [0, 0.05) is 5.25 Å². The molecule has 10 heavy (non-hydrogen) atoms. The van der Waals surface area contributed by atoms with E-state index in [1.807, 2.05) is 13.8 Å². The molecule has 0 rings (SSSR count). The van der Waals surface area contributed by atoms with Crippen LogP contribution in [0.5, 0.6) is 0 Å². The minimum absolute atomic E-state index is 0.410. The molecule has 0 saturated carbocycles. The van der Waals surface area contributed by atoms with Crippen molar-refractivity contribution in [2.75, 3.05) is 0 Å². The van der Waals surface area contributed by atoms with Crippen molar-refractivity contribution in [1.82, 2.24) is 0 Å². The molecule has 0 aliphatic carbocycles. The van der Waals surface area contributed by atoms with Gasteiger partial charge in [0.05, 0.1) is 11.2 Å². The first kappa shape index (κ1) is 10.2. The molecule has 0 spiro atoms. The number of hydrogen-bond acceptors (Lipinski definition) is 4. The summed E-state index contributed by atoms with van der Waals surface area (Å²) in [4.78, 5) is 10.2. The van der Waals surface area contributed by atoms with Gasteiger partial charge in [-0.25, -0.2) is 0 Å². The second kappa shape index (κ2) is 4.91. The largest absolute Gasteiger partial charge is 0.549 e. The summed E-state index contributed by atoms with van der Waals surface area (Å²) >= 11 is 0. The maximum Gasteiger partial charge on any atom is 0.0550 e. The standard InChI is InChI=1S/C6H12O2S2/c1-4(2)9-10-5(3)6(7)8/h4-5H,1-3H3,(H,7,8)/p-1. The third kappa shape index (κ3) is 4.99. The van der Waals surface area contributed by atoms with Crippen LogP contribution in [0.3, 0.4) is 0 Å². The van der Waals surface area contributed by atoms with E-state index in [0.717, 1.165) is 0 Å². The van der Waals surface area contributed by atoms with Gasteiger partial charge in [0.25, 0.3) is 0 Å². The van der Waals surface area contributed by atoms with Crippen LogP contribution in [0.1, 0.15) is 20.8 Å². The second-order valence-electron chi connectivity index (χ2n) is 2.20. The molecule has 1 atom stereocenters. The van der Waals surface area contributed by atoms with Crippen LogP contribution in [-0.4, -0.2) is 16.5 Å². The fourth-order valence-corrected chi connectivity index (χ4v) is 2.10. The lowest BCUT2D eigenvalue weighted by Gasteiger charge is -2.11. The Labute approximate surface area is 69.2 Å². The molecule has 0 saturated heterocycles. The van der Waals surface area contributed by atoms with Gasteiger partial charge in [-0.1, -0.05) is 35.4 Å². The Balaban J connectivity index is 3.40. The lowest BCUT2D eigenvalue weighted by molar-refractivity contribution is -0.304. The average Bonchev–Trinajstić information content (AvgIpc) is 1.82. The zero-order chi connectivity index (χ0) is 8.15. The Morgan fingerprint density at radius 1 is 1.30 bits per heavy atom. The molecule has 4 heteroatoms. The minimum atomic E-state index is -0.988. The van der Waals surface area contributed by atoms with Gasteiger partial charge >= 0.3 is 0 Å². The van der Waals surface area contributed by atoms with E-state index in [2.05, 4.69) is 0 Å². The molecule has 0 aliphatic rings. The van der Waals surface area contributed by atoms with Crippen molar-refractivity contribution < 1.29 is 9.90 Å². The molecule has 0 fully saturated rings. The molecule has 60 valence electrons. The first-order valence-electron chi connectivity index (χ1n) is 3.07. The zero-order valence-electron chi connectivity index (χ0n) is 6.29. The summed E-state index contributed by atoms with van der Waals surface area (Å²) in [6.45, 7) is 5.69. The van der Waals surface area contributed by atoms with Crippen LogP contribution in [0.25, 0.3) is 0 Å². The molecule has 0 aromatic heterocycles. The van der Waals surface area contributed by atoms with Gasteiger partial charge in [-0.15, -0.1) is 0 Å². The maximum atomic E-state index is 10.2. The van der Waals surface area contributed by atoms with E-state index < -0.39 is 11.2 Å². The molecule has 0 amide bonds. The monoisotopic (exact) mass is 179 g/mol. The van der Waals surface area contributed by atoms with E-state index in [1.165, 1.54) is 10.8 Å². The first-order chi connectivity index (χ1) is 4.54. The quantitative estimate of drug-likeness (QED) is 0.602. The number of hydrogen-bond donors (Lipinski definition) is 0. The molecule has 0 N–H and O–H groups in total. The summed E-state index contributed by atoms with van der Waals surface area (Å²) in [5.41, 5.74) is 0. The van der Waals surface area contributed by atoms with E-state index in [1.54, 1.807) is 17.7 Å². The fourth-order valence-electron chi connectivity index (χ4n) is 0.234. The van der Waals surface area contributed by atoms with Crippen LogP contribution >= 0.6 is 21.6 Å². The van der Waals surface area contributed by atoms with Gasteiger partial charge in [-0.05, 0) is 6.92 Å². The van der Waals surface area contributed by atoms with Crippen molar-refractivity contribution in [2.24, 2.45) is 0 Å². The third-order valence-corrected chi connectivity index (χ3v) is 4.06. The topological polar surface area (TPSA) is 40.1 Å².